The van der Waals surface area contributed by atoms with Crippen LogP contribution < -0.4 is 31.5 Å². The van der Waals surface area contributed by atoms with Gasteiger partial charge < -0.3 is 36.6 Å². The van der Waals surface area contributed by atoms with Gasteiger partial charge in [-0.15, -0.1) is 0 Å². The first-order chi connectivity index (χ1) is 64.2. The van der Waals surface area contributed by atoms with E-state index in [0.717, 1.165) is 199 Å². The Bertz CT molecular complexity index is 6080. The molecule has 135 heavy (non-hydrogen) atoms. The number of unbranched alkanes of at least 4 members (excludes halogenated alkanes) is 9. The highest BCUT2D eigenvalue weighted by atomic mass is 32.2. The first-order valence-electron chi connectivity index (χ1n) is 48.3. The molecule has 12 rings (SSSR count). The molecule has 4 aromatic carbocycles. The number of carboxylic acid groups (broad SMARTS) is 1. The van der Waals surface area contributed by atoms with E-state index in [1.807, 2.05) is 57.4 Å². The molecule has 35 heteroatoms. The summed E-state index contributed by atoms with van der Waals surface area (Å²) >= 11 is 0. The quantitative estimate of drug-likeness (QED) is 0.00971. The monoisotopic (exact) mass is 1930 g/mol. The van der Waals surface area contributed by atoms with Crippen molar-refractivity contribution in [2.45, 2.75) is 318 Å². The number of aryl methyl sites for hydroxylation is 7. The van der Waals surface area contributed by atoms with Gasteiger partial charge in [0.05, 0.1) is 33.1 Å². The summed E-state index contributed by atoms with van der Waals surface area (Å²) in [6.45, 7) is 16.1. The second kappa shape index (κ2) is 47.0. The Kier molecular flexibility index (Phi) is 36.2. The normalized spacial score (nSPS) is 15.9. The molecule has 0 radical (unpaired) electrons. The number of hydrogen-bond donors (Lipinski definition) is 9. The van der Waals surface area contributed by atoms with E-state index in [-0.39, 0.29) is 124 Å². The molecule has 4 aliphatic rings. The maximum Gasteiger partial charge on any atom is 0.303 e. The Morgan fingerprint density at radius 2 is 1.21 bits per heavy atom. The van der Waals surface area contributed by atoms with E-state index >= 15 is 8.42 Å². The van der Waals surface area contributed by atoms with Crippen molar-refractivity contribution in [1.29, 1.82) is 0 Å². The number of carboxylic acids is 1. The molecule has 1 aliphatic carbocycles. The van der Waals surface area contributed by atoms with Crippen molar-refractivity contribution in [2.75, 3.05) is 61.5 Å². The van der Waals surface area contributed by atoms with Crippen LogP contribution in [0, 0.1) is 13.8 Å². The maximum atomic E-state index is 15.1. The van der Waals surface area contributed by atoms with E-state index in [1.54, 1.807) is 43.6 Å². The van der Waals surface area contributed by atoms with E-state index < -0.39 is 86.5 Å². The largest absolute Gasteiger partial charge is 0.481 e. The maximum absolute atomic E-state index is 15.1. The van der Waals surface area contributed by atoms with Crippen molar-refractivity contribution >= 4 is 114 Å². The fourth-order valence-corrected chi connectivity index (χ4v) is 23.2. The number of hydrogen-bond acceptors (Lipinski definition) is 21. The fourth-order valence-electron chi connectivity index (χ4n) is 20.3. The minimum Gasteiger partial charge on any atom is -0.481 e. The number of carbonyl (C=O) groups excluding carboxylic acids is 4. The van der Waals surface area contributed by atoms with E-state index in [0.29, 0.717) is 85.7 Å². The van der Waals surface area contributed by atoms with Gasteiger partial charge in [-0.3, -0.25) is 42.6 Å². The summed E-state index contributed by atoms with van der Waals surface area (Å²) in [7, 11) is -16.0. The van der Waals surface area contributed by atoms with Crippen molar-refractivity contribution < 1.29 is 81.0 Å². The second-order valence-electron chi connectivity index (χ2n) is 38.3. The van der Waals surface area contributed by atoms with Crippen LogP contribution in [0.3, 0.4) is 0 Å². The molecular formula is C100H137N14O17S4+. The summed E-state index contributed by atoms with van der Waals surface area (Å²) in [6.07, 6.45) is 28.1. The van der Waals surface area contributed by atoms with Gasteiger partial charge in [0.2, 0.25) is 39.3 Å². The van der Waals surface area contributed by atoms with Crippen LogP contribution in [-0.2, 0) is 120 Å². The lowest BCUT2D eigenvalue weighted by Gasteiger charge is -2.35. The number of sulfonamides is 1. The van der Waals surface area contributed by atoms with Gasteiger partial charge in [-0.05, 0) is 253 Å². The lowest BCUT2D eigenvalue weighted by atomic mass is 9.76. The molecule has 8 aromatic rings. The molecule has 7 heterocycles. The Morgan fingerprint density at radius 1 is 0.593 bits per heavy atom. The van der Waals surface area contributed by atoms with Gasteiger partial charge >= 0.3 is 5.97 Å². The first kappa shape index (κ1) is 104. The standard InChI is InChI=1S/C100H136N14O17S4/c1-67(76-63-103-68(2)104-64-76)29-14-9-11-17-35-84-75(58-73-32-25-51-102-97(73)111-84)62-108-98(120)85(37-22-23-50-101-91(115)48-49-92(116)107-61-74-57-72-31-20-21-36-82(72)109-83(74)34-16-12-10-15-30-71(59-94(118)119)77-65-105-69(3)106-66-77)110-93(117)41-26-52-112(8)134(127,128)88-38-24-33-80-79(88)45-47-87-95(80)99(4,5)89(114(87)54-28-56-133(124,125)126)39-18-13-19-40-90-100(6,7)96-81-60-78(135(129,130)131)44-42-70(81)43-46-86(96)113(90)53-27-55-132(121,122)123/h24,33,38,42-47,57-58,60,63-67,71,85,89H,9-23,25-32,34-37,39-41,48-56,59,61-62H2,1-8H3,(H8-,101,102,107,108,110,111,115,116,117,118,119,120,121,122,123,124,125,126,129,130,131)/p+1/t67-,71+,85+,89?/m1/s1. The van der Waals surface area contributed by atoms with Gasteiger partial charge in [-0.2, -0.15) is 29.8 Å². The Labute approximate surface area is 796 Å². The molecular weight excluding hydrogens is 1800 g/mol. The molecule has 4 atom stereocenters. The smallest absolute Gasteiger partial charge is 0.303 e. The van der Waals surface area contributed by atoms with E-state index in [4.69, 9.17) is 9.97 Å². The lowest BCUT2D eigenvalue weighted by Crippen LogP contribution is -2.46. The third-order valence-corrected chi connectivity index (χ3v) is 31.9. The minimum absolute atomic E-state index is 0.0161. The molecule has 3 aliphatic heterocycles. The highest BCUT2D eigenvalue weighted by Crippen LogP contribution is 2.52. The minimum atomic E-state index is -4.56. The van der Waals surface area contributed by atoms with Crippen LogP contribution in [0.25, 0.3) is 21.5 Å². The van der Waals surface area contributed by atoms with Gasteiger partial charge in [-0.25, -0.2) is 37.6 Å². The molecule has 1 unspecified atom stereocenters. The first-order valence-corrected chi connectivity index (χ1v) is 54.4. The summed E-state index contributed by atoms with van der Waals surface area (Å²) < 4.78 is 136. The lowest BCUT2D eigenvalue weighted by molar-refractivity contribution is -0.439. The van der Waals surface area contributed by atoms with Crippen LogP contribution in [-0.4, -0.2) is 190 Å². The molecule has 4 aromatic heterocycles. The number of nitrogens with one attached hydrogen (secondary N) is 5. The number of fused-ring (bicyclic) bond motifs is 8. The number of pyridine rings is 2. The van der Waals surface area contributed by atoms with Gasteiger partial charge in [-0.1, -0.05) is 102 Å². The topological polar surface area (TPSA) is 450 Å². The van der Waals surface area contributed by atoms with Gasteiger partial charge in [0.1, 0.15) is 30.1 Å². The second-order valence-corrected chi connectivity index (χ2v) is 44.9. The molecule has 0 saturated carbocycles. The molecule has 9 N–H and O–H groups in total. The number of aliphatic carboxylic acids is 1. The van der Waals surface area contributed by atoms with Crippen molar-refractivity contribution in [2.24, 2.45) is 0 Å². The summed E-state index contributed by atoms with van der Waals surface area (Å²) in [5.41, 5.74) is 11.9. The number of carbonyl (C=O) groups is 5. The average molecular weight is 1940 g/mol. The van der Waals surface area contributed by atoms with Crippen molar-refractivity contribution in [3.63, 3.8) is 0 Å². The Hall–Kier alpha value is -9.88. The summed E-state index contributed by atoms with van der Waals surface area (Å²) in [5.74, 6) is -0.870. The zero-order valence-electron chi connectivity index (χ0n) is 79.5. The van der Waals surface area contributed by atoms with Gasteiger partial charge in [0.15, 0.2) is 5.71 Å². The van der Waals surface area contributed by atoms with Crippen LogP contribution in [0.15, 0.2) is 107 Å². The number of nitrogens with zero attached hydrogens (tertiary/aromatic N) is 9. The zero-order valence-corrected chi connectivity index (χ0v) is 82.8. The Morgan fingerprint density at radius 3 is 1.90 bits per heavy atom. The van der Waals surface area contributed by atoms with E-state index in [9.17, 15) is 68.0 Å². The highest BCUT2D eigenvalue weighted by Gasteiger charge is 2.48. The van der Waals surface area contributed by atoms with E-state index in [2.05, 4.69) is 88.9 Å². The predicted octanol–water partition coefficient (Wildman–Crippen LogP) is 15.1. The number of aromatic nitrogens is 6. The van der Waals surface area contributed by atoms with Crippen LogP contribution in [0.5, 0.6) is 0 Å². The zero-order chi connectivity index (χ0) is 97.0. The number of anilines is 2. The van der Waals surface area contributed by atoms with Crippen molar-refractivity contribution in [1.82, 2.24) is 55.5 Å². The summed E-state index contributed by atoms with van der Waals surface area (Å²) in [6, 6.07) is 20.1. The van der Waals surface area contributed by atoms with Gasteiger partial charge in [0.25, 0.3) is 30.4 Å². The molecule has 4 amide bonds. The number of benzene rings is 4. The van der Waals surface area contributed by atoms with Crippen LogP contribution in [0.1, 0.15) is 299 Å². The summed E-state index contributed by atoms with van der Waals surface area (Å²) in [4.78, 5) is 97.2. The summed E-state index contributed by atoms with van der Waals surface area (Å²) in [5, 5.41) is 27.7. The van der Waals surface area contributed by atoms with Crippen molar-refractivity contribution in [3.05, 3.63) is 171 Å². The highest BCUT2D eigenvalue weighted by molar-refractivity contribution is 7.89. The molecule has 0 spiro atoms. The molecule has 0 saturated heterocycles. The van der Waals surface area contributed by atoms with Crippen LogP contribution in [0.4, 0.5) is 17.2 Å². The Balaban J connectivity index is 0.671. The number of rotatable bonds is 53. The SMILES string of the molecule is Cc1ncc([C@@H](CCCCCCc2nc3c(cc2CNC(=O)CCC(=O)NCCCC[C@H](NC(=O)CCCN(C)S(=O)(=O)c2cccc4c5c(ccc24)N(CCCS(=O)(=O)O)C(CCCCCC2=[N+](CCCS(=O)(=O)O)c4ccc6ccc(S(=O)(=O)O)cc6c4C2(C)C)C5(C)C)C(=O)NCc2cc4c(nc2CCCCCC[C@@H](C)c2cnc(C)nc2)NCCC4)CCCC3)CC(=O)O)cn1. The predicted molar refractivity (Wildman–Crippen MR) is 523 cm³/mol. The third-order valence-electron chi connectivity index (χ3n) is 27.6. The van der Waals surface area contributed by atoms with Crippen LogP contribution in [0.2, 0.25) is 0 Å². The number of amides is 4. The van der Waals surface area contributed by atoms with E-state index in [1.165, 1.54) is 29.0 Å². The van der Waals surface area contributed by atoms with Gasteiger partial charge in [0, 0.05) is 154 Å². The fraction of sp³-hybridized carbons (Fsp3) is 0.560. The average Bonchev–Trinajstić information content (AvgIpc) is 1.57. The van der Waals surface area contributed by atoms with Crippen molar-refractivity contribution in [3.8, 4) is 0 Å². The molecule has 732 valence electrons. The van der Waals surface area contributed by atoms with Crippen LogP contribution >= 0.6 is 0 Å². The molecule has 31 nitrogen and oxygen atoms in total. The molecule has 0 bridgehead atoms. The third kappa shape index (κ3) is 28.2. The molecule has 0 fully saturated rings.